The van der Waals surface area contributed by atoms with Crippen LogP contribution < -0.4 is 0 Å². The molecule has 2 saturated heterocycles. The number of carbonyl (C=O) groups excluding carboxylic acids is 2. The molecule has 4 rings (SSSR count). The number of carbonyl (C=O) groups is 2. The summed E-state index contributed by atoms with van der Waals surface area (Å²) >= 11 is 5.89. The maximum absolute atomic E-state index is 14.0. The Morgan fingerprint density at radius 2 is 1.60 bits per heavy atom. The minimum Gasteiger partial charge on any atom is -0.462 e. The van der Waals surface area contributed by atoms with Gasteiger partial charge in [-0.15, -0.1) is 16.7 Å². The minimum absolute atomic E-state index is 0.0209. The zero-order chi connectivity index (χ0) is 46.5. The number of esters is 1. The standard InChI is InChI=1S/C45H75ClN4O13/c1-11-35-31(24-59-45-43(58-10)42(57-9)39(55)29(6)61-45)20-25(2)15-16-33(51)26(3)21-30(17-19-50-23-32(47-48-50)14-12-13-18-46)41(27(4)34(52)22-36(53)62-35)63-44-40(56)37(49(7)8)38(54)28(5)60-44/h15-16,20,23,26-31,34-35,37-45,52,54-56H,11-14,17-19,21-22,24H2,1-10H3/b16-15+,25-20+/t26-,27+,28-,29-,30+,31-,34-,35-,37+,38-,39-,40-,41-,42-,43-,44+,45-/m1/s1. The Kier molecular flexibility index (Phi) is 21.5. The van der Waals surface area contributed by atoms with Crippen LogP contribution in [0.5, 0.6) is 0 Å². The van der Waals surface area contributed by atoms with Gasteiger partial charge in [-0.05, 0) is 85.4 Å². The molecule has 63 heavy (non-hydrogen) atoms. The second kappa shape index (κ2) is 25.5. The number of hydrogen-bond acceptors (Lipinski definition) is 16. The zero-order valence-electron chi connectivity index (χ0n) is 38.8. The van der Waals surface area contributed by atoms with E-state index in [9.17, 15) is 30.0 Å². The largest absolute Gasteiger partial charge is 0.462 e. The number of ketones is 1. The predicted octanol–water partition coefficient (Wildman–Crippen LogP) is 3.22. The Hall–Kier alpha value is -2.39. The quantitative estimate of drug-likeness (QED) is 0.107. The summed E-state index contributed by atoms with van der Waals surface area (Å²) in [5.41, 5.74) is 1.56. The van der Waals surface area contributed by atoms with Crippen molar-refractivity contribution in [2.75, 3.05) is 40.8 Å². The molecule has 0 spiro atoms. The minimum atomic E-state index is -1.28. The Morgan fingerprint density at radius 3 is 2.25 bits per heavy atom. The van der Waals surface area contributed by atoms with Crippen LogP contribution in [0.4, 0.5) is 0 Å². The van der Waals surface area contributed by atoms with E-state index in [1.807, 2.05) is 33.0 Å². The van der Waals surface area contributed by atoms with E-state index in [1.54, 1.807) is 56.6 Å². The molecule has 0 aromatic carbocycles. The van der Waals surface area contributed by atoms with Gasteiger partial charge < -0.3 is 58.5 Å². The first-order chi connectivity index (χ1) is 29.9. The second-order valence-electron chi connectivity index (χ2n) is 17.9. The van der Waals surface area contributed by atoms with Gasteiger partial charge in [0.05, 0.1) is 55.3 Å². The normalized spacial score (nSPS) is 39.2. The van der Waals surface area contributed by atoms with Crippen LogP contribution in [0, 0.1) is 23.7 Å². The van der Waals surface area contributed by atoms with Crippen molar-refractivity contribution >= 4 is 23.4 Å². The molecule has 0 bridgehead atoms. The molecule has 4 heterocycles. The van der Waals surface area contributed by atoms with Crippen LogP contribution in [-0.4, -0.2) is 173 Å². The molecule has 0 aliphatic carbocycles. The van der Waals surface area contributed by atoms with Gasteiger partial charge >= 0.3 is 5.97 Å². The smallest absolute Gasteiger partial charge is 0.308 e. The Labute approximate surface area is 378 Å². The van der Waals surface area contributed by atoms with Crippen LogP contribution in [0.2, 0.25) is 0 Å². The van der Waals surface area contributed by atoms with Crippen LogP contribution in [-0.2, 0) is 55.7 Å². The average Bonchev–Trinajstić information content (AvgIpc) is 3.70. The number of hydrogen-bond donors (Lipinski definition) is 4. The third kappa shape index (κ3) is 14.5. The lowest BCUT2D eigenvalue weighted by atomic mass is 9.79. The van der Waals surface area contributed by atoms with E-state index in [2.05, 4.69) is 10.3 Å². The number of halogens is 1. The molecule has 1 aromatic rings. The van der Waals surface area contributed by atoms with Gasteiger partial charge in [0.1, 0.15) is 30.5 Å². The molecule has 0 amide bonds. The molecule has 0 radical (unpaired) electrons. The lowest BCUT2D eigenvalue weighted by Gasteiger charge is -2.46. The van der Waals surface area contributed by atoms with Gasteiger partial charge in [-0.3, -0.25) is 14.3 Å². The van der Waals surface area contributed by atoms with E-state index in [4.69, 9.17) is 44.8 Å². The number of methoxy groups -OCH3 is 2. The number of allylic oxidation sites excluding steroid dienone is 3. The molecule has 17 atom stereocenters. The number of likely N-dealkylation sites (N-methyl/N-ethyl adjacent to an activating group) is 1. The van der Waals surface area contributed by atoms with Crippen molar-refractivity contribution in [1.82, 2.24) is 19.9 Å². The molecular formula is C45H75ClN4O13. The molecular weight excluding hydrogens is 840 g/mol. The number of alkyl halides is 1. The first-order valence-corrected chi connectivity index (χ1v) is 23.0. The van der Waals surface area contributed by atoms with E-state index < -0.39 is 109 Å². The maximum Gasteiger partial charge on any atom is 0.308 e. The topological polar surface area (TPSA) is 214 Å². The summed E-state index contributed by atoms with van der Waals surface area (Å²) < 4.78 is 44.2. The number of aliphatic hydroxyl groups excluding tert-OH is 4. The lowest BCUT2D eigenvalue weighted by Crippen LogP contribution is -2.63. The Balaban J connectivity index is 1.69. The third-order valence-electron chi connectivity index (χ3n) is 12.8. The van der Waals surface area contributed by atoms with E-state index in [1.165, 1.54) is 14.2 Å². The molecule has 360 valence electrons. The fourth-order valence-electron chi connectivity index (χ4n) is 8.95. The number of aromatic nitrogens is 3. The number of aryl methyl sites for hydroxylation is 2. The molecule has 18 heteroatoms. The Bertz CT molecular complexity index is 1620. The summed E-state index contributed by atoms with van der Waals surface area (Å²) in [5.74, 6) is -2.40. The highest BCUT2D eigenvalue weighted by atomic mass is 35.5. The Morgan fingerprint density at radius 1 is 0.921 bits per heavy atom. The van der Waals surface area contributed by atoms with Gasteiger partial charge in [0, 0.05) is 50.6 Å². The van der Waals surface area contributed by atoms with Gasteiger partial charge in [-0.1, -0.05) is 43.7 Å². The predicted molar refractivity (Wildman–Crippen MR) is 234 cm³/mol. The first kappa shape index (κ1) is 53.2. The van der Waals surface area contributed by atoms with E-state index in [-0.39, 0.29) is 18.8 Å². The number of nitrogens with zero attached hydrogens (tertiary/aromatic N) is 4. The number of cyclic esters (lactones) is 1. The number of unbranched alkanes of at least 4 members (excludes halogenated alkanes) is 1. The van der Waals surface area contributed by atoms with Crippen molar-refractivity contribution in [2.45, 2.75) is 173 Å². The van der Waals surface area contributed by atoms with E-state index in [0.717, 1.165) is 30.5 Å². The second-order valence-corrected chi connectivity index (χ2v) is 18.2. The fourth-order valence-corrected chi connectivity index (χ4v) is 9.14. The van der Waals surface area contributed by atoms with Crippen molar-refractivity contribution in [3.05, 3.63) is 35.7 Å². The van der Waals surface area contributed by atoms with Crippen LogP contribution in [0.25, 0.3) is 0 Å². The molecule has 4 N–H and O–H groups in total. The SMILES string of the molecule is CC[C@H]1OC(=O)C[C@@H](O)[C@H](C)[C@@H](O[C@@H]2O[C@H](C)[C@@H](O)[C@H](N(C)C)[C@H]2O)[C@@H](CCn2cc(CCCCCl)nn2)C[C@@H](C)C(=O)/C=C/C(C)=C/[C@@H]1CO[C@@H]1O[C@H](C)[C@@H](O)[C@@H](OC)[C@H]1OC. The number of aliphatic hydroxyl groups is 4. The van der Waals surface area contributed by atoms with Gasteiger partial charge in [0.2, 0.25) is 0 Å². The summed E-state index contributed by atoms with van der Waals surface area (Å²) in [6.07, 6.45) is -0.698. The molecule has 17 nitrogen and oxygen atoms in total. The number of rotatable bonds is 16. The van der Waals surface area contributed by atoms with E-state index >= 15 is 0 Å². The van der Waals surface area contributed by atoms with Crippen LogP contribution in [0.15, 0.2) is 30.0 Å². The van der Waals surface area contributed by atoms with Gasteiger partial charge in [-0.2, -0.15) is 0 Å². The fraction of sp³-hybridized carbons (Fsp3) is 0.822. The molecule has 2 fully saturated rings. The molecule has 3 aliphatic heterocycles. The highest BCUT2D eigenvalue weighted by molar-refractivity contribution is 6.17. The van der Waals surface area contributed by atoms with Gasteiger partial charge in [-0.25, -0.2) is 0 Å². The number of ether oxygens (including phenoxy) is 7. The molecule has 0 unspecified atom stereocenters. The van der Waals surface area contributed by atoms with Crippen molar-refractivity contribution < 1.29 is 63.2 Å². The molecule has 3 aliphatic rings. The van der Waals surface area contributed by atoms with Gasteiger partial charge in [0.25, 0.3) is 0 Å². The maximum atomic E-state index is 14.0. The van der Waals surface area contributed by atoms with Crippen molar-refractivity contribution in [3.63, 3.8) is 0 Å². The van der Waals surface area contributed by atoms with Crippen LogP contribution in [0.3, 0.4) is 0 Å². The molecule has 1 aromatic heterocycles. The van der Waals surface area contributed by atoms with Crippen molar-refractivity contribution in [1.29, 1.82) is 0 Å². The summed E-state index contributed by atoms with van der Waals surface area (Å²) in [6.45, 7) is 11.2. The van der Waals surface area contributed by atoms with Crippen LogP contribution in [0.1, 0.15) is 85.8 Å². The third-order valence-corrected chi connectivity index (χ3v) is 13.1. The molecule has 0 saturated carbocycles. The van der Waals surface area contributed by atoms with E-state index in [0.29, 0.717) is 31.7 Å². The first-order valence-electron chi connectivity index (χ1n) is 22.5. The summed E-state index contributed by atoms with van der Waals surface area (Å²) in [6, 6.07) is -0.725. The highest BCUT2D eigenvalue weighted by Crippen LogP contribution is 2.35. The monoisotopic (exact) mass is 915 g/mol. The van der Waals surface area contributed by atoms with Crippen LogP contribution >= 0.6 is 11.6 Å². The zero-order valence-corrected chi connectivity index (χ0v) is 39.6. The van der Waals surface area contributed by atoms with Crippen molar-refractivity contribution in [2.24, 2.45) is 23.7 Å². The van der Waals surface area contributed by atoms with Crippen molar-refractivity contribution in [3.8, 4) is 0 Å². The van der Waals surface area contributed by atoms with Gasteiger partial charge in [0.15, 0.2) is 18.4 Å². The highest BCUT2D eigenvalue weighted by Gasteiger charge is 2.48. The summed E-state index contributed by atoms with van der Waals surface area (Å²) in [5, 5.41) is 53.9. The summed E-state index contributed by atoms with van der Waals surface area (Å²) in [7, 11) is 6.46. The summed E-state index contributed by atoms with van der Waals surface area (Å²) in [4.78, 5) is 29.5. The lowest BCUT2D eigenvalue weighted by molar-refractivity contribution is -0.304. The average molecular weight is 916 g/mol.